The summed E-state index contributed by atoms with van der Waals surface area (Å²) >= 11 is 12.1. The van der Waals surface area contributed by atoms with Crippen LogP contribution in [0, 0.1) is 0 Å². The Labute approximate surface area is 222 Å². The van der Waals surface area contributed by atoms with E-state index in [2.05, 4.69) is 56.8 Å². The van der Waals surface area contributed by atoms with E-state index in [4.69, 9.17) is 27.9 Å². The van der Waals surface area contributed by atoms with Gasteiger partial charge in [0.1, 0.15) is 12.4 Å². The molecule has 0 radical (unpaired) electrons. The molecular formula is C28H32Cl2N4O2. The Hall–Kier alpha value is -2.35. The first-order valence-corrected chi connectivity index (χ1v) is 13.4. The molecule has 8 heteroatoms. The summed E-state index contributed by atoms with van der Waals surface area (Å²) < 4.78 is 6.22. The molecule has 2 heterocycles. The van der Waals surface area contributed by atoms with Crippen LogP contribution in [-0.4, -0.2) is 74.2 Å². The predicted molar refractivity (Wildman–Crippen MR) is 146 cm³/mol. The van der Waals surface area contributed by atoms with Crippen LogP contribution in [0.3, 0.4) is 0 Å². The fourth-order valence-electron chi connectivity index (χ4n) is 5.06. The lowest BCUT2D eigenvalue weighted by Crippen LogP contribution is -2.44. The van der Waals surface area contributed by atoms with Gasteiger partial charge in [-0.05, 0) is 41.6 Å². The Bertz CT molecular complexity index is 1220. The number of hydrogen-bond acceptors (Lipinski definition) is 5. The van der Waals surface area contributed by atoms with E-state index in [1.165, 1.54) is 10.9 Å². The van der Waals surface area contributed by atoms with Crippen molar-refractivity contribution in [1.82, 2.24) is 20.4 Å². The maximum Gasteiger partial charge on any atom is 0.251 e. The van der Waals surface area contributed by atoms with Gasteiger partial charge in [-0.2, -0.15) is 0 Å². The second-order valence-corrected chi connectivity index (χ2v) is 10.3. The van der Waals surface area contributed by atoms with E-state index in [-0.39, 0.29) is 11.9 Å². The molecule has 1 atom stereocenters. The molecule has 0 bridgehead atoms. The fraction of sp³-hybridized carbons (Fsp3) is 0.393. The van der Waals surface area contributed by atoms with Crippen molar-refractivity contribution in [2.75, 3.05) is 52.4 Å². The van der Waals surface area contributed by atoms with Crippen LogP contribution >= 0.6 is 23.2 Å². The van der Waals surface area contributed by atoms with Crippen molar-refractivity contribution in [3.05, 3.63) is 75.8 Å². The van der Waals surface area contributed by atoms with E-state index in [0.29, 0.717) is 22.2 Å². The van der Waals surface area contributed by atoms with Crippen molar-refractivity contribution in [1.29, 1.82) is 0 Å². The topological polar surface area (TPSA) is 56.8 Å². The average Bonchev–Trinajstić information content (AvgIpc) is 3.34. The zero-order valence-electron chi connectivity index (χ0n) is 20.3. The van der Waals surface area contributed by atoms with Crippen LogP contribution in [0.15, 0.2) is 54.6 Å². The molecule has 0 spiro atoms. The molecule has 5 rings (SSSR count). The van der Waals surface area contributed by atoms with E-state index in [1.54, 1.807) is 18.2 Å². The van der Waals surface area contributed by atoms with Crippen LogP contribution in [0.4, 0.5) is 0 Å². The lowest BCUT2D eigenvalue weighted by atomic mass is 10.0. The molecule has 2 aliphatic heterocycles. The minimum atomic E-state index is -0.117. The number of benzene rings is 3. The molecule has 0 aliphatic carbocycles. The number of halogens is 2. The molecule has 3 aromatic carbocycles. The number of carbonyl (C=O) groups excluding carboxylic acids is 1. The highest BCUT2D eigenvalue weighted by Gasteiger charge is 2.25. The van der Waals surface area contributed by atoms with Crippen molar-refractivity contribution in [3.8, 4) is 5.75 Å². The Kier molecular flexibility index (Phi) is 8.29. The summed E-state index contributed by atoms with van der Waals surface area (Å²) in [5.74, 6) is 0.825. The van der Waals surface area contributed by atoms with Gasteiger partial charge in [-0.3, -0.25) is 14.6 Å². The number of amides is 1. The molecule has 0 saturated carbocycles. The van der Waals surface area contributed by atoms with Crippen molar-refractivity contribution < 1.29 is 9.53 Å². The van der Waals surface area contributed by atoms with E-state index in [1.807, 2.05) is 0 Å². The number of hydrogen-bond donors (Lipinski definition) is 2. The molecule has 6 nitrogen and oxygen atoms in total. The summed E-state index contributed by atoms with van der Waals surface area (Å²) in [6.45, 7) is 8.47. The maximum atomic E-state index is 12.7. The summed E-state index contributed by atoms with van der Waals surface area (Å²) in [6, 6.07) is 17.8. The van der Waals surface area contributed by atoms with Gasteiger partial charge in [0.25, 0.3) is 5.91 Å². The van der Waals surface area contributed by atoms with E-state index < -0.39 is 0 Å². The molecule has 0 aromatic heterocycles. The lowest BCUT2D eigenvalue weighted by molar-refractivity contribution is 0.0937. The van der Waals surface area contributed by atoms with Gasteiger partial charge in [0.15, 0.2) is 0 Å². The van der Waals surface area contributed by atoms with Gasteiger partial charge in [0.05, 0.1) is 10.0 Å². The third kappa shape index (κ3) is 6.13. The fourth-order valence-corrected chi connectivity index (χ4v) is 5.36. The minimum absolute atomic E-state index is 0.103. The lowest BCUT2D eigenvalue weighted by Gasteiger charge is -2.27. The molecular weight excluding hydrogens is 495 g/mol. The van der Waals surface area contributed by atoms with Crippen LogP contribution in [0.5, 0.6) is 5.75 Å². The quantitative estimate of drug-likeness (QED) is 0.454. The van der Waals surface area contributed by atoms with Crippen molar-refractivity contribution in [2.24, 2.45) is 0 Å². The normalized spacial score (nSPS) is 19.0. The number of carbonyl (C=O) groups is 1. The number of piperazine rings is 1. The standard InChI is InChI=1S/C28H32Cl2N4O2/c29-25-7-5-20(17-26(25)30)28(35)32-22-9-12-34(19-22)18-21-6-8-27(24-4-2-1-3-23(21)24)36-16-15-33-13-10-31-11-14-33/h1-8,17,22,31H,9-16,18-19H2,(H,32,35)/t22-/m0/s1. The van der Waals surface area contributed by atoms with Crippen LogP contribution in [-0.2, 0) is 6.54 Å². The molecule has 36 heavy (non-hydrogen) atoms. The third-order valence-corrected chi connectivity index (χ3v) is 7.77. The molecule has 2 N–H and O–H groups in total. The van der Waals surface area contributed by atoms with Gasteiger partial charge in [-0.25, -0.2) is 0 Å². The highest BCUT2D eigenvalue weighted by Crippen LogP contribution is 2.30. The van der Waals surface area contributed by atoms with E-state index in [9.17, 15) is 4.79 Å². The molecule has 2 aliphatic rings. The monoisotopic (exact) mass is 526 g/mol. The number of fused-ring (bicyclic) bond motifs is 1. The Morgan fingerprint density at radius 1 is 0.972 bits per heavy atom. The van der Waals surface area contributed by atoms with Gasteiger partial charge in [0.2, 0.25) is 0 Å². The van der Waals surface area contributed by atoms with Gasteiger partial charge in [0, 0.05) is 69.3 Å². The molecule has 1 amide bonds. The van der Waals surface area contributed by atoms with Crippen LogP contribution in [0.1, 0.15) is 22.3 Å². The first kappa shape index (κ1) is 25.3. The first-order chi connectivity index (χ1) is 17.6. The maximum absolute atomic E-state index is 12.7. The SMILES string of the molecule is O=C(N[C@H]1CCN(Cc2ccc(OCCN3CCNCC3)c3ccccc23)C1)c1ccc(Cl)c(Cl)c1. The first-order valence-electron chi connectivity index (χ1n) is 12.6. The number of nitrogens with one attached hydrogen (secondary N) is 2. The van der Waals surface area contributed by atoms with Gasteiger partial charge in [-0.1, -0.05) is 53.5 Å². The van der Waals surface area contributed by atoms with Gasteiger partial charge < -0.3 is 15.4 Å². The molecule has 2 fully saturated rings. The van der Waals surface area contributed by atoms with Crippen LogP contribution < -0.4 is 15.4 Å². The van der Waals surface area contributed by atoms with Gasteiger partial charge >= 0.3 is 0 Å². The van der Waals surface area contributed by atoms with E-state index >= 15 is 0 Å². The summed E-state index contributed by atoms with van der Waals surface area (Å²) in [7, 11) is 0. The second kappa shape index (κ2) is 11.8. The van der Waals surface area contributed by atoms with Crippen LogP contribution in [0.2, 0.25) is 10.0 Å². The molecule has 3 aromatic rings. The highest BCUT2D eigenvalue weighted by atomic mass is 35.5. The largest absolute Gasteiger partial charge is 0.492 e. The number of rotatable bonds is 8. The summed E-state index contributed by atoms with van der Waals surface area (Å²) in [5, 5.41) is 9.74. The average molecular weight is 527 g/mol. The van der Waals surface area contributed by atoms with Crippen molar-refractivity contribution in [3.63, 3.8) is 0 Å². The number of ether oxygens (including phenoxy) is 1. The Morgan fingerprint density at radius 3 is 2.58 bits per heavy atom. The second-order valence-electron chi connectivity index (χ2n) is 9.53. The highest BCUT2D eigenvalue weighted by molar-refractivity contribution is 6.42. The molecule has 2 saturated heterocycles. The van der Waals surface area contributed by atoms with Crippen LogP contribution in [0.25, 0.3) is 10.8 Å². The smallest absolute Gasteiger partial charge is 0.251 e. The summed E-state index contributed by atoms with van der Waals surface area (Å²) in [5.41, 5.74) is 1.80. The summed E-state index contributed by atoms with van der Waals surface area (Å²) in [4.78, 5) is 17.5. The number of likely N-dealkylation sites (tertiary alicyclic amines) is 1. The Balaban J connectivity index is 1.19. The zero-order valence-corrected chi connectivity index (χ0v) is 21.8. The summed E-state index contributed by atoms with van der Waals surface area (Å²) in [6.07, 6.45) is 0.915. The van der Waals surface area contributed by atoms with E-state index in [0.717, 1.165) is 69.9 Å². The van der Waals surface area contributed by atoms with Crippen molar-refractivity contribution in [2.45, 2.75) is 19.0 Å². The third-order valence-electron chi connectivity index (χ3n) is 7.03. The van der Waals surface area contributed by atoms with Gasteiger partial charge in [-0.15, -0.1) is 0 Å². The minimum Gasteiger partial charge on any atom is -0.492 e. The molecule has 0 unspecified atom stereocenters. The predicted octanol–water partition coefficient (Wildman–Crippen LogP) is 4.43. The molecule has 190 valence electrons. The zero-order chi connectivity index (χ0) is 24.9. The van der Waals surface area contributed by atoms with Crippen molar-refractivity contribution >= 4 is 39.9 Å². The Morgan fingerprint density at radius 2 is 1.78 bits per heavy atom. The number of nitrogens with zero attached hydrogens (tertiary/aromatic N) is 2.